The van der Waals surface area contributed by atoms with Crippen LogP contribution in [0.3, 0.4) is 0 Å². The molecule has 1 N–H and O–H groups in total. The lowest BCUT2D eigenvalue weighted by Crippen LogP contribution is -2.34. The lowest BCUT2D eigenvalue weighted by atomic mass is 9.85. The predicted octanol–water partition coefficient (Wildman–Crippen LogP) is 1.13. The van der Waals surface area contributed by atoms with Gasteiger partial charge in [-0.3, -0.25) is 0 Å². The third-order valence-corrected chi connectivity index (χ3v) is 2.78. The maximum Gasteiger partial charge on any atom is 0.122 e. The molecule has 0 radical (unpaired) electrons. The lowest BCUT2D eigenvalue weighted by Gasteiger charge is -2.27. The van der Waals surface area contributed by atoms with E-state index in [-0.39, 0.29) is 11.8 Å². The highest BCUT2D eigenvalue weighted by atomic mass is 16.3. The van der Waals surface area contributed by atoms with Gasteiger partial charge in [0.2, 0.25) is 0 Å². The highest BCUT2D eigenvalue weighted by Gasteiger charge is 2.51. The molecule has 1 rings (SSSR count). The molecule has 0 aromatic heterocycles. The summed E-state index contributed by atoms with van der Waals surface area (Å²) in [4.78, 5) is 10.1. The van der Waals surface area contributed by atoms with Crippen LogP contribution in [0, 0.1) is 5.41 Å². The van der Waals surface area contributed by atoms with Gasteiger partial charge in [0.05, 0.1) is 5.60 Å². The van der Waals surface area contributed by atoms with Crippen molar-refractivity contribution in [3.8, 4) is 0 Å². The van der Waals surface area contributed by atoms with Crippen molar-refractivity contribution in [2.24, 2.45) is 5.41 Å². The summed E-state index contributed by atoms with van der Waals surface area (Å²) in [6, 6.07) is 0. The van der Waals surface area contributed by atoms with Gasteiger partial charge in [0.15, 0.2) is 0 Å². The third-order valence-electron chi connectivity index (χ3n) is 2.78. The summed E-state index contributed by atoms with van der Waals surface area (Å²) < 4.78 is 0. The first-order chi connectivity index (χ1) is 4.52. The van der Waals surface area contributed by atoms with Gasteiger partial charge in [-0.1, -0.05) is 6.92 Å². The van der Waals surface area contributed by atoms with Crippen LogP contribution in [0.15, 0.2) is 0 Å². The average Bonchev–Trinajstić information content (AvgIpc) is 2.49. The van der Waals surface area contributed by atoms with Crippen molar-refractivity contribution in [2.45, 2.75) is 38.7 Å². The maximum atomic E-state index is 10.1. The van der Waals surface area contributed by atoms with Crippen LogP contribution >= 0.6 is 0 Å². The number of carbonyl (C=O) groups is 1. The SMILES string of the molecule is CC(O)(CC=O)C1(C)CC1. The zero-order valence-electron chi connectivity index (χ0n) is 6.55. The smallest absolute Gasteiger partial charge is 0.122 e. The van der Waals surface area contributed by atoms with Crippen molar-refractivity contribution in [3.63, 3.8) is 0 Å². The molecular formula is C8H14O2. The zero-order chi connectivity index (χ0) is 7.83. The molecule has 0 aromatic rings. The monoisotopic (exact) mass is 142 g/mol. The van der Waals surface area contributed by atoms with E-state index >= 15 is 0 Å². The Labute approximate surface area is 61.2 Å². The molecule has 0 heterocycles. The van der Waals surface area contributed by atoms with Crippen LogP contribution in [-0.4, -0.2) is 17.0 Å². The fourth-order valence-electron chi connectivity index (χ4n) is 1.13. The molecule has 2 nitrogen and oxygen atoms in total. The predicted molar refractivity (Wildman–Crippen MR) is 38.6 cm³/mol. The minimum absolute atomic E-state index is 0.0217. The van der Waals surface area contributed by atoms with Gasteiger partial charge in [-0.05, 0) is 25.2 Å². The van der Waals surface area contributed by atoms with E-state index in [1.165, 1.54) is 0 Å². The van der Waals surface area contributed by atoms with Gasteiger partial charge in [0, 0.05) is 6.42 Å². The minimum Gasteiger partial charge on any atom is -0.389 e. The molecular weight excluding hydrogens is 128 g/mol. The van der Waals surface area contributed by atoms with Crippen molar-refractivity contribution in [3.05, 3.63) is 0 Å². The first kappa shape index (κ1) is 7.73. The van der Waals surface area contributed by atoms with E-state index in [0.29, 0.717) is 0 Å². The van der Waals surface area contributed by atoms with Gasteiger partial charge in [-0.25, -0.2) is 0 Å². The first-order valence-corrected chi connectivity index (χ1v) is 3.68. The molecule has 10 heavy (non-hydrogen) atoms. The number of aldehydes is 1. The fraction of sp³-hybridized carbons (Fsp3) is 0.875. The van der Waals surface area contributed by atoms with Gasteiger partial charge in [-0.15, -0.1) is 0 Å². The second-order valence-corrected chi connectivity index (χ2v) is 3.71. The Hall–Kier alpha value is -0.370. The van der Waals surface area contributed by atoms with E-state index in [2.05, 4.69) is 0 Å². The standard InChI is InChI=1S/C8H14O2/c1-7(3-4-7)8(2,10)5-6-9/h6,10H,3-5H2,1-2H3. The van der Waals surface area contributed by atoms with E-state index in [1.807, 2.05) is 6.92 Å². The maximum absolute atomic E-state index is 10.1. The highest BCUT2D eigenvalue weighted by molar-refractivity contribution is 5.51. The normalized spacial score (nSPS) is 27.1. The van der Waals surface area contributed by atoms with E-state index in [4.69, 9.17) is 0 Å². The molecule has 1 aliphatic rings. The van der Waals surface area contributed by atoms with Gasteiger partial charge in [0.1, 0.15) is 6.29 Å². The molecule has 0 aliphatic heterocycles. The van der Waals surface area contributed by atoms with Gasteiger partial charge in [0.25, 0.3) is 0 Å². The number of hydrogen-bond acceptors (Lipinski definition) is 2. The molecule has 2 heteroatoms. The van der Waals surface area contributed by atoms with Crippen molar-refractivity contribution in [1.82, 2.24) is 0 Å². The van der Waals surface area contributed by atoms with Gasteiger partial charge >= 0.3 is 0 Å². The molecule has 1 aliphatic carbocycles. The molecule has 1 fully saturated rings. The molecule has 0 bridgehead atoms. The number of rotatable bonds is 3. The molecule has 1 atom stereocenters. The van der Waals surface area contributed by atoms with Crippen LogP contribution in [0.25, 0.3) is 0 Å². The Kier molecular flexibility index (Phi) is 1.59. The molecule has 1 unspecified atom stereocenters. The quantitative estimate of drug-likeness (QED) is 0.600. The van der Waals surface area contributed by atoms with Crippen molar-refractivity contribution in [1.29, 1.82) is 0 Å². The minimum atomic E-state index is -0.769. The van der Waals surface area contributed by atoms with Crippen molar-refractivity contribution in [2.75, 3.05) is 0 Å². The fourth-order valence-corrected chi connectivity index (χ4v) is 1.13. The third kappa shape index (κ3) is 1.08. The van der Waals surface area contributed by atoms with Crippen LogP contribution in [0.2, 0.25) is 0 Å². The van der Waals surface area contributed by atoms with Crippen LogP contribution in [0.5, 0.6) is 0 Å². The topological polar surface area (TPSA) is 37.3 Å². The summed E-state index contributed by atoms with van der Waals surface area (Å²) >= 11 is 0. The Balaban J connectivity index is 2.58. The van der Waals surface area contributed by atoms with Gasteiger partial charge in [-0.2, -0.15) is 0 Å². The zero-order valence-corrected chi connectivity index (χ0v) is 6.55. The molecule has 0 saturated heterocycles. The first-order valence-electron chi connectivity index (χ1n) is 3.68. The number of hydrogen-bond donors (Lipinski definition) is 1. The molecule has 1 saturated carbocycles. The van der Waals surface area contributed by atoms with E-state index in [0.717, 1.165) is 19.1 Å². The lowest BCUT2D eigenvalue weighted by molar-refractivity contribution is -0.114. The second-order valence-electron chi connectivity index (χ2n) is 3.71. The summed E-state index contributed by atoms with van der Waals surface area (Å²) in [6.45, 7) is 3.77. The largest absolute Gasteiger partial charge is 0.389 e. The van der Waals surface area contributed by atoms with Crippen LogP contribution in [0.4, 0.5) is 0 Å². The highest BCUT2D eigenvalue weighted by Crippen LogP contribution is 2.54. The Bertz CT molecular complexity index is 145. The van der Waals surface area contributed by atoms with Crippen molar-refractivity contribution >= 4 is 6.29 Å². The Morgan fingerprint density at radius 3 is 2.50 bits per heavy atom. The number of carbonyl (C=O) groups excluding carboxylic acids is 1. The van der Waals surface area contributed by atoms with Crippen LogP contribution in [0.1, 0.15) is 33.1 Å². The summed E-state index contributed by atoms with van der Waals surface area (Å²) in [5, 5.41) is 9.68. The average molecular weight is 142 g/mol. The molecule has 0 spiro atoms. The molecule has 0 amide bonds. The summed E-state index contributed by atoms with van der Waals surface area (Å²) in [7, 11) is 0. The van der Waals surface area contributed by atoms with Crippen molar-refractivity contribution < 1.29 is 9.90 Å². The number of aliphatic hydroxyl groups is 1. The van der Waals surface area contributed by atoms with E-state index in [1.54, 1.807) is 6.92 Å². The Morgan fingerprint density at radius 1 is 1.70 bits per heavy atom. The summed E-state index contributed by atoms with van der Waals surface area (Å²) in [5.41, 5.74) is -0.747. The van der Waals surface area contributed by atoms with Gasteiger partial charge < -0.3 is 9.90 Å². The summed E-state index contributed by atoms with van der Waals surface area (Å²) in [6.07, 6.45) is 3.16. The summed E-state index contributed by atoms with van der Waals surface area (Å²) in [5.74, 6) is 0. The van der Waals surface area contributed by atoms with Crippen LogP contribution < -0.4 is 0 Å². The molecule has 58 valence electrons. The van der Waals surface area contributed by atoms with E-state index in [9.17, 15) is 9.90 Å². The van der Waals surface area contributed by atoms with Crippen LogP contribution in [-0.2, 0) is 4.79 Å². The Morgan fingerprint density at radius 2 is 2.20 bits per heavy atom. The van der Waals surface area contributed by atoms with E-state index < -0.39 is 5.60 Å². The molecule has 0 aromatic carbocycles. The second kappa shape index (κ2) is 2.06.